The van der Waals surface area contributed by atoms with Gasteiger partial charge in [0.15, 0.2) is 9.84 Å². The molecule has 104 valence electrons. The first kappa shape index (κ1) is 13.9. The first-order valence-corrected chi connectivity index (χ1v) is 8.77. The molecule has 2 rings (SSSR count). The zero-order chi connectivity index (χ0) is 13.1. The Kier molecular flexibility index (Phi) is 4.36. The van der Waals surface area contributed by atoms with Gasteiger partial charge in [-0.05, 0) is 50.5 Å². The molecule has 1 saturated heterocycles. The molecule has 1 atom stereocenters. The quantitative estimate of drug-likeness (QED) is 0.738. The van der Waals surface area contributed by atoms with Gasteiger partial charge in [-0.25, -0.2) is 8.42 Å². The van der Waals surface area contributed by atoms with E-state index >= 15 is 0 Å². The second-order valence-corrected chi connectivity index (χ2v) is 8.11. The van der Waals surface area contributed by atoms with Crippen LogP contribution in [0.3, 0.4) is 0 Å². The van der Waals surface area contributed by atoms with Gasteiger partial charge in [-0.15, -0.1) is 0 Å². The molecule has 2 fully saturated rings. The van der Waals surface area contributed by atoms with Gasteiger partial charge in [0.2, 0.25) is 0 Å². The maximum Gasteiger partial charge on any atom is 0.159 e. The Morgan fingerprint density at radius 1 is 1.22 bits per heavy atom. The van der Waals surface area contributed by atoms with Crippen LogP contribution in [-0.2, 0) is 14.6 Å². The zero-order valence-electron chi connectivity index (χ0n) is 11.3. The number of hydrogen-bond donors (Lipinski definition) is 0. The molecule has 1 heterocycles. The van der Waals surface area contributed by atoms with Gasteiger partial charge in [-0.1, -0.05) is 13.3 Å². The van der Waals surface area contributed by atoms with Crippen LogP contribution in [0.25, 0.3) is 0 Å². The van der Waals surface area contributed by atoms with Crippen molar-refractivity contribution in [2.75, 3.05) is 12.4 Å². The second-order valence-electron chi connectivity index (χ2n) is 5.61. The third-order valence-corrected chi connectivity index (χ3v) is 7.20. The Morgan fingerprint density at radius 3 is 2.50 bits per heavy atom. The Morgan fingerprint density at radius 2 is 1.94 bits per heavy atom. The fourth-order valence-electron chi connectivity index (χ4n) is 3.05. The number of ether oxygens (including phenoxy) is 1. The first-order chi connectivity index (χ1) is 8.60. The molecular formula is C14H24O3S. The predicted molar refractivity (Wildman–Crippen MR) is 73.2 cm³/mol. The second kappa shape index (κ2) is 5.64. The summed E-state index contributed by atoms with van der Waals surface area (Å²) in [6.07, 6.45) is 10.1. The first-order valence-electron chi connectivity index (χ1n) is 7.11. The van der Waals surface area contributed by atoms with Crippen LogP contribution in [0, 0.1) is 0 Å². The fraction of sp³-hybridized carbons (Fsp3) is 0.857. The molecule has 0 N–H and O–H groups in total. The molecule has 1 aliphatic heterocycles. The van der Waals surface area contributed by atoms with E-state index in [1.807, 2.05) is 13.2 Å². The number of rotatable bonds is 4. The molecule has 1 saturated carbocycles. The summed E-state index contributed by atoms with van der Waals surface area (Å²) in [5.74, 6) is 0.334. The highest BCUT2D eigenvalue weighted by Gasteiger charge is 2.46. The fourth-order valence-corrected chi connectivity index (χ4v) is 5.15. The van der Waals surface area contributed by atoms with Gasteiger partial charge in [0, 0.05) is 0 Å². The monoisotopic (exact) mass is 272 g/mol. The summed E-state index contributed by atoms with van der Waals surface area (Å²) in [6, 6.07) is 0. The van der Waals surface area contributed by atoms with Gasteiger partial charge in [0.1, 0.15) is 11.4 Å². The van der Waals surface area contributed by atoms with Crippen LogP contribution in [0.4, 0.5) is 0 Å². The maximum atomic E-state index is 12.1. The molecule has 0 bridgehead atoms. The van der Waals surface area contributed by atoms with Crippen molar-refractivity contribution in [1.82, 2.24) is 0 Å². The Balaban J connectivity index is 1.95. The number of sulfone groups is 1. The predicted octanol–water partition coefficient (Wildman–Crippen LogP) is 3.21. The lowest BCUT2D eigenvalue weighted by Crippen LogP contribution is -2.38. The molecule has 18 heavy (non-hydrogen) atoms. The van der Waals surface area contributed by atoms with Gasteiger partial charge >= 0.3 is 0 Å². The lowest BCUT2D eigenvalue weighted by molar-refractivity contribution is 0.197. The number of allylic oxidation sites excluding steroid dienone is 1. The van der Waals surface area contributed by atoms with Crippen LogP contribution >= 0.6 is 0 Å². The Bertz CT molecular complexity index is 403. The summed E-state index contributed by atoms with van der Waals surface area (Å²) in [4.78, 5) is 0. The SMILES string of the molecule is CCC1(COC=C2CCCCC2)CCCS1(=O)=O. The summed E-state index contributed by atoms with van der Waals surface area (Å²) in [5.41, 5.74) is 1.35. The van der Waals surface area contributed by atoms with Crippen molar-refractivity contribution in [2.24, 2.45) is 0 Å². The third-order valence-electron chi connectivity index (χ3n) is 4.44. The van der Waals surface area contributed by atoms with E-state index < -0.39 is 14.6 Å². The molecule has 0 radical (unpaired) electrons. The molecule has 0 aromatic carbocycles. The largest absolute Gasteiger partial charge is 0.500 e. The third kappa shape index (κ3) is 2.73. The minimum Gasteiger partial charge on any atom is -0.500 e. The zero-order valence-corrected chi connectivity index (χ0v) is 12.1. The van der Waals surface area contributed by atoms with E-state index in [2.05, 4.69) is 0 Å². The average molecular weight is 272 g/mol. The van der Waals surface area contributed by atoms with Crippen LogP contribution in [-0.4, -0.2) is 25.5 Å². The molecule has 3 nitrogen and oxygen atoms in total. The average Bonchev–Trinajstić information content (AvgIpc) is 2.66. The van der Waals surface area contributed by atoms with Crippen LogP contribution in [0.5, 0.6) is 0 Å². The molecule has 2 aliphatic rings. The van der Waals surface area contributed by atoms with E-state index in [9.17, 15) is 8.42 Å². The summed E-state index contributed by atoms with van der Waals surface area (Å²) >= 11 is 0. The summed E-state index contributed by atoms with van der Waals surface area (Å²) in [6.45, 7) is 2.30. The van der Waals surface area contributed by atoms with Crippen molar-refractivity contribution < 1.29 is 13.2 Å². The lowest BCUT2D eigenvalue weighted by atomic mass is 9.96. The summed E-state index contributed by atoms with van der Waals surface area (Å²) in [7, 11) is -2.96. The highest BCUT2D eigenvalue weighted by atomic mass is 32.2. The molecule has 1 aliphatic carbocycles. The Labute approximate surface area is 111 Å². The summed E-state index contributed by atoms with van der Waals surface area (Å²) < 4.78 is 29.2. The van der Waals surface area contributed by atoms with Crippen molar-refractivity contribution in [3.63, 3.8) is 0 Å². The molecule has 0 aromatic heterocycles. The van der Waals surface area contributed by atoms with E-state index in [1.165, 1.54) is 24.8 Å². The normalized spacial score (nSPS) is 31.3. The standard InChI is InChI=1S/C14H24O3S/c1-2-14(9-6-10-18(14,15)16)12-17-11-13-7-4-3-5-8-13/h11H,2-10,12H2,1H3. The maximum absolute atomic E-state index is 12.1. The molecule has 0 aromatic rings. The van der Waals surface area contributed by atoms with Crippen LogP contribution in [0.2, 0.25) is 0 Å². The minimum absolute atomic E-state index is 0.334. The van der Waals surface area contributed by atoms with Gasteiger partial charge < -0.3 is 4.74 Å². The lowest BCUT2D eigenvalue weighted by Gasteiger charge is -2.26. The van der Waals surface area contributed by atoms with Gasteiger partial charge in [0.05, 0.1) is 12.0 Å². The van der Waals surface area contributed by atoms with Crippen LogP contribution < -0.4 is 0 Å². The van der Waals surface area contributed by atoms with Crippen molar-refractivity contribution in [1.29, 1.82) is 0 Å². The van der Waals surface area contributed by atoms with E-state index in [4.69, 9.17) is 4.74 Å². The molecule has 4 heteroatoms. The molecule has 0 spiro atoms. The summed E-state index contributed by atoms with van der Waals surface area (Å²) in [5, 5.41) is 0. The molecular weight excluding hydrogens is 248 g/mol. The minimum atomic E-state index is -2.96. The van der Waals surface area contributed by atoms with Crippen molar-refractivity contribution in [3.8, 4) is 0 Å². The molecule has 0 amide bonds. The van der Waals surface area contributed by atoms with E-state index in [0.29, 0.717) is 18.8 Å². The van der Waals surface area contributed by atoms with E-state index in [1.54, 1.807) is 0 Å². The Hall–Kier alpha value is -0.510. The topological polar surface area (TPSA) is 43.4 Å². The van der Waals surface area contributed by atoms with Gasteiger partial charge in [-0.3, -0.25) is 0 Å². The highest BCUT2D eigenvalue weighted by molar-refractivity contribution is 7.93. The van der Waals surface area contributed by atoms with E-state index in [0.717, 1.165) is 25.7 Å². The van der Waals surface area contributed by atoms with Gasteiger partial charge in [0.25, 0.3) is 0 Å². The number of hydrogen-bond acceptors (Lipinski definition) is 3. The van der Waals surface area contributed by atoms with Crippen LogP contribution in [0.1, 0.15) is 58.3 Å². The molecule has 1 unspecified atom stereocenters. The van der Waals surface area contributed by atoms with Crippen molar-refractivity contribution in [3.05, 3.63) is 11.8 Å². The van der Waals surface area contributed by atoms with Crippen LogP contribution in [0.15, 0.2) is 11.8 Å². The smallest absolute Gasteiger partial charge is 0.159 e. The van der Waals surface area contributed by atoms with Gasteiger partial charge in [-0.2, -0.15) is 0 Å². The van der Waals surface area contributed by atoms with Crippen molar-refractivity contribution in [2.45, 2.75) is 63.0 Å². The van der Waals surface area contributed by atoms with Crippen molar-refractivity contribution >= 4 is 9.84 Å². The highest BCUT2D eigenvalue weighted by Crippen LogP contribution is 2.35. The van der Waals surface area contributed by atoms with E-state index in [-0.39, 0.29) is 0 Å².